The van der Waals surface area contributed by atoms with Gasteiger partial charge in [0.15, 0.2) is 0 Å². The number of rotatable bonds is 3. The maximum atomic E-state index is 11.5. The highest BCUT2D eigenvalue weighted by Crippen LogP contribution is 2.07. The molecule has 0 saturated carbocycles. The van der Waals surface area contributed by atoms with Gasteiger partial charge in [0.1, 0.15) is 0 Å². The largest absolute Gasteiger partial charge is 0.345 e. The van der Waals surface area contributed by atoms with Crippen LogP contribution >= 0.6 is 0 Å². The Morgan fingerprint density at radius 3 is 2.40 bits per heavy atom. The minimum absolute atomic E-state index is 0.00623. The Labute approximate surface area is 90.1 Å². The van der Waals surface area contributed by atoms with Gasteiger partial charge in [-0.1, -0.05) is 12.1 Å². The molecule has 78 valence electrons. The lowest BCUT2D eigenvalue weighted by molar-refractivity contribution is 0.0827. The molecule has 0 aliphatic heterocycles. The molecule has 0 bridgehead atoms. The van der Waals surface area contributed by atoms with Crippen LogP contribution in [0.15, 0.2) is 24.3 Å². The molecule has 0 saturated heterocycles. The van der Waals surface area contributed by atoms with Gasteiger partial charge in [0, 0.05) is 26.1 Å². The third-order valence-corrected chi connectivity index (χ3v) is 2.12. The Morgan fingerprint density at radius 2 is 1.93 bits per heavy atom. The standard InChI is InChI=1S/C12H14N2O/c1-13-9-8-10-4-6-11(7-5-10)12(15)14(2)3/h4-7H,8-9H2,2-3H3. The molecule has 1 amide bonds. The molecule has 0 aromatic heterocycles. The summed E-state index contributed by atoms with van der Waals surface area (Å²) in [5.41, 5.74) is 1.79. The normalized spacial score (nSPS) is 9.40. The van der Waals surface area contributed by atoms with Crippen LogP contribution in [-0.2, 0) is 6.42 Å². The van der Waals surface area contributed by atoms with Crippen LogP contribution in [0.5, 0.6) is 0 Å². The van der Waals surface area contributed by atoms with E-state index >= 15 is 0 Å². The second-order valence-electron chi connectivity index (χ2n) is 3.53. The lowest BCUT2D eigenvalue weighted by atomic mass is 10.1. The highest BCUT2D eigenvalue weighted by molar-refractivity contribution is 5.93. The third-order valence-electron chi connectivity index (χ3n) is 2.12. The lowest BCUT2D eigenvalue weighted by Gasteiger charge is -2.10. The fourth-order valence-electron chi connectivity index (χ4n) is 1.26. The number of hydrogen-bond donors (Lipinski definition) is 0. The minimum Gasteiger partial charge on any atom is -0.345 e. The lowest BCUT2D eigenvalue weighted by Crippen LogP contribution is -2.21. The number of nitrogens with zero attached hydrogens (tertiary/aromatic N) is 2. The first-order valence-corrected chi connectivity index (χ1v) is 4.79. The maximum absolute atomic E-state index is 11.5. The Kier molecular flexibility index (Phi) is 3.87. The van der Waals surface area contributed by atoms with E-state index in [1.807, 2.05) is 24.3 Å². The van der Waals surface area contributed by atoms with Crippen LogP contribution in [0.2, 0.25) is 0 Å². The van der Waals surface area contributed by atoms with Gasteiger partial charge in [0.05, 0.1) is 0 Å². The third kappa shape index (κ3) is 3.10. The topological polar surface area (TPSA) is 24.7 Å². The average Bonchev–Trinajstić information content (AvgIpc) is 2.26. The van der Waals surface area contributed by atoms with Crippen LogP contribution < -0.4 is 0 Å². The van der Waals surface area contributed by atoms with E-state index in [2.05, 4.69) is 4.85 Å². The van der Waals surface area contributed by atoms with E-state index in [0.29, 0.717) is 12.1 Å². The van der Waals surface area contributed by atoms with Crippen LogP contribution in [0.4, 0.5) is 0 Å². The van der Waals surface area contributed by atoms with Gasteiger partial charge in [0.25, 0.3) is 5.91 Å². The van der Waals surface area contributed by atoms with Crippen molar-refractivity contribution < 1.29 is 4.79 Å². The Balaban J connectivity index is 2.73. The Bertz CT molecular complexity index is 374. The van der Waals surface area contributed by atoms with Gasteiger partial charge in [-0.2, -0.15) is 0 Å². The second kappa shape index (κ2) is 5.16. The summed E-state index contributed by atoms with van der Waals surface area (Å²) < 4.78 is 0. The molecule has 0 aliphatic rings. The van der Waals surface area contributed by atoms with Crippen molar-refractivity contribution in [2.45, 2.75) is 6.42 Å². The first kappa shape index (κ1) is 11.3. The number of benzene rings is 1. The summed E-state index contributed by atoms with van der Waals surface area (Å²) in [7, 11) is 3.46. The number of carbonyl (C=O) groups excluding carboxylic acids is 1. The molecule has 0 radical (unpaired) electrons. The van der Waals surface area contributed by atoms with Crippen molar-refractivity contribution in [1.82, 2.24) is 4.90 Å². The molecule has 3 nitrogen and oxygen atoms in total. The highest BCUT2D eigenvalue weighted by Gasteiger charge is 2.06. The molecule has 0 aliphatic carbocycles. The van der Waals surface area contributed by atoms with Crippen LogP contribution in [0.1, 0.15) is 15.9 Å². The van der Waals surface area contributed by atoms with Gasteiger partial charge in [0.2, 0.25) is 6.54 Å². The second-order valence-corrected chi connectivity index (χ2v) is 3.53. The van der Waals surface area contributed by atoms with Crippen molar-refractivity contribution in [2.24, 2.45) is 0 Å². The summed E-state index contributed by atoms with van der Waals surface area (Å²) in [6.45, 7) is 7.18. The minimum atomic E-state index is 0.00623. The molecule has 0 unspecified atom stereocenters. The highest BCUT2D eigenvalue weighted by atomic mass is 16.2. The molecule has 0 heterocycles. The summed E-state index contributed by atoms with van der Waals surface area (Å²) in [5, 5.41) is 0. The quantitative estimate of drug-likeness (QED) is 0.686. The monoisotopic (exact) mass is 202 g/mol. The summed E-state index contributed by atoms with van der Waals surface area (Å²) >= 11 is 0. The Morgan fingerprint density at radius 1 is 1.33 bits per heavy atom. The molecule has 3 heteroatoms. The summed E-state index contributed by atoms with van der Waals surface area (Å²) in [4.78, 5) is 16.4. The smallest absolute Gasteiger partial charge is 0.253 e. The van der Waals surface area contributed by atoms with Gasteiger partial charge >= 0.3 is 0 Å². The zero-order valence-corrected chi connectivity index (χ0v) is 9.03. The van der Waals surface area contributed by atoms with Gasteiger partial charge in [-0.25, -0.2) is 6.57 Å². The van der Waals surface area contributed by atoms with Gasteiger partial charge in [-0.3, -0.25) is 4.79 Å². The molecule has 0 N–H and O–H groups in total. The molecule has 0 spiro atoms. The zero-order chi connectivity index (χ0) is 11.3. The van der Waals surface area contributed by atoms with E-state index in [0.717, 1.165) is 12.0 Å². The molecular formula is C12H14N2O. The fraction of sp³-hybridized carbons (Fsp3) is 0.333. The molecule has 15 heavy (non-hydrogen) atoms. The predicted molar refractivity (Wildman–Crippen MR) is 59.6 cm³/mol. The van der Waals surface area contributed by atoms with Crippen molar-refractivity contribution in [1.29, 1.82) is 0 Å². The molecule has 1 aromatic carbocycles. The van der Waals surface area contributed by atoms with Gasteiger partial charge in [-0.15, -0.1) is 0 Å². The maximum Gasteiger partial charge on any atom is 0.253 e. The summed E-state index contributed by atoms with van der Waals surface area (Å²) in [5.74, 6) is 0.00623. The predicted octanol–water partition coefficient (Wildman–Crippen LogP) is 1.85. The van der Waals surface area contributed by atoms with E-state index in [1.165, 1.54) is 0 Å². The zero-order valence-electron chi connectivity index (χ0n) is 9.03. The summed E-state index contributed by atoms with van der Waals surface area (Å²) in [6.07, 6.45) is 0.750. The van der Waals surface area contributed by atoms with Crippen LogP contribution in [0.3, 0.4) is 0 Å². The first-order chi connectivity index (χ1) is 7.15. The van der Waals surface area contributed by atoms with E-state index in [-0.39, 0.29) is 5.91 Å². The molecular weight excluding hydrogens is 188 g/mol. The van der Waals surface area contributed by atoms with Crippen molar-refractivity contribution in [3.8, 4) is 0 Å². The number of amides is 1. The van der Waals surface area contributed by atoms with Gasteiger partial charge in [-0.05, 0) is 17.7 Å². The van der Waals surface area contributed by atoms with Gasteiger partial charge < -0.3 is 9.74 Å². The van der Waals surface area contributed by atoms with Crippen molar-refractivity contribution >= 4 is 5.91 Å². The fourth-order valence-corrected chi connectivity index (χ4v) is 1.26. The summed E-state index contributed by atoms with van der Waals surface area (Å²) in [6, 6.07) is 7.42. The van der Waals surface area contributed by atoms with Crippen LogP contribution in [0.25, 0.3) is 4.85 Å². The average molecular weight is 202 g/mol. The molecule has 0 fully saturated rings. The van der Waals surface area contributed by atoms with E-state index in [1.54, 1.807) is 19.0 Å². The Hall–Kier alpha value is -1.82. The number of hydrogen-bond acceptors (Lipinski definition) is 1. The SMILES string of the molecule is [C-]#[N+]CCc1ccc(C(=O)N(C)C)cc1. The van der Waals surface area contributed by atoms with E-state index in [4.69, 9.17) is 6.57 Å². The van der Waals surface area contributed by atoms with Crippen molar-refractivity contribution in [2.75, 3.05) is 20.6 Å². The molecule has 1 aromatic rings. The van der Waals surface area contributed by atoms with Crippen molar-refractivity contribution in [3.63, 3.8) is 0 Å². The van der Waals surface area contributed by atoms with Crippen molar-refractivity contribution in [3.05, 3.63) is 46.8 Å². The molecule has 0 atom stereocenters. The molecule has 1 rings (SSSR count). The van der Waals surface area contributed by atoms with Crippen LogP contribution in [0, 0.1) is 6.57 Å². The number of carbonyl (C=O) groups is 1. The first-order valence-electron chi connectivity index (χ1n) is 4.79. The van der Waals surface area contributed by atoms with E-state index < -0.39 is 0 Å². The van der Waals surface area contributed by atoms with Crippen LogP contribution in [-0.4, -0.2) is 31.4 Å². The van der Waals surface area contributed by atoms with E-state index in [9.17, 15) is 4.79 Å².